The lowest BCUT2D eigenvalue weighted by atomic mass is 10.1. The predicted molar refractivity (Wildman–Crippen MR) is 77.5 cm³/mol. The number of aromatic nitrogens is 1. The van der Waals surface area contributed by atoms with E-state index in [0.29, 0.717) is 0 Å². The third kappa shape index (κ3) is 2.56. The smallest absolute Gasteiger partial charge is 0.330 e. The maximum atomic E-state index is 12.1. The average molecular weight is 272 g/mol. The largest absolute Gasteiger partial charge is 0.466 e. The van der Waals surface area contributed by atoms with Crippen molar-refractivity contribution in [3.05, 3.63) is 42.1 Å². The number of nitrogens with zero attached hydrogens (tertiary/aromatic N) is 2. The Morgan fingerprint density at radius 2 is 1.95 bits per heavy atom. The van der Waals surface area contributed by atoms with Crippen LogP contribution in [-0.4, -0.2) is 42.7 Å². The summed E-state index contributed by atoms with van der Waals surface area (Å²) in [6.07, 6.45) is 4.70. The molecule has 104 valence electrons. The lowest BCUT2D eigenvalue weighted by molar-refractivity contribution is -0.134. The standard InChI is InChI=1S/C15H16N2O3/c1-16(2)15(19)17-10-11(8-9-14(18)20-3)12-6-4-5-7-13(12)17/h4-10H,1-3H3/b9-8+. The second kappa shape index (κ2) is 5.61. The zero-order chi connectivity index (χ0) is 14.7. The number of carbonyl (C=O) groups excluding carboxylic acids is 2. The van der Waals surface area contributed by atoms with Gasteiger partial charge in [0.05, 0.1) is 12.6 Å². The van der Waals surface area contributed by atoms with Crippen molar-refractivity contribution in [3.63, 3.8) is 0 Å². The summed E-state index contributed by atoms with van der Waals surface area (Å²) in [7, 11) is 4.72. The van der Waals surface area contributed by atoms with Crippen molar-refractivity contribution in [3.8, 4) is 0 Å². The van der Waals surface area contributed by atoms with E-state index in [0.717, 1.165) is 16.5 Å². The topological polar surface area (TPSA) is 51.5 Å². The Balaban J connectivity index is 2.54. The van der Waals surface area contributed by atoms with E-state index in [9.17, 15) is 9.59 Å². The minimum atomic E-state index is -0.430. The van der Waals surface area contributed by atoms with Gasteiger partial charge >= 0.3 is 12.0 Å². The van der Waals surface area contributed by atoms with Gasteiger partial charge in [-0.15, -0.1) is 0 Å². The zero-order valence-electron chi connectivity index (χ0n) is 11.7. The Bertz CT molecular complexity index is 683. The number of amides is 1. The molecule has 1 aromatic heterocycles. The number of benzene rings is 1. The van der Waals surface area contributed by atoms with Gasteiger partial charge in [0.15, 0.2) is 0 Å². The second-order valence-electron chi connectivity index (χ2n) is 4.51. The maximum absolute atomic E-state index is 12.1. The van der Waals surface area contributed by atoms with Crippen molar-refractivity contribution in [1.29, 1.82) is 0 Å². The van der Waals surface area contributed by atoms with Crippen LogP contribution in [0.3, 0.4) is 0 Å². The number of para-hydroxylation sites is 1. The van der Waals surface area contributed by atoms with Crippen molar-refractivity contribution in [2.24, 2.45) is 0 Å². The Kier molecular flexibility index (Phi) is 3.89. The minimum Gasteiger partial charge on any atom is -0.466 e. The molecule has 0 saturated heterocycles. The lowest BCUT2D eigenvalue weighted by Gasteiger charge is -2.11. The summed E-state index contributed by atoms with van der Waals surface area (Å²) in [5.74, 6) is -0.430. The van der Waals surface area contributed by atoms with Crippen molar-refractivity contribution in [2.75, 3.05) is 21.2 Å². The van der Waals surface area contributed by atoms with Crippen LogP contribution in [0.25, 0.3) is 17.0 Å². The molecule has 0 N–H and O–H groups in total. The quantitative estimate of drug-likeness (QED) is 0.623. The van der Waals surface area contributed by atoms with E-state index in [-0.39, 0.29) is 6.03 Å². The van der Waals surface area contributed by atoms with Crippen molar-refractivity contribution in [1.82, 2.24) is 9.47 Å². The van der Waals surface area contributed by atoms with Crippen LogP contribution in [0.1, 0.15) is 5.56 Å². The van der Waals surface area contributed by atoms with Gasteiger partial charge in [-0.1, -0.05) is 18.2 Å². The van der Waals surface area contributed by atoms with E-state index in [1.165, 1.54) is 18.1 Å². The van der Waals surface area contributed by atoms with Crippen LogP contribution < -0.4 is 0 Å². The van der Waals surface area contributed by atoms with Crippen molar-refractivity contribution in [2.45, 2.75) is 0 Å². The molecule has 20 heavy (non-hydrogen) atoms. The van der Waals surface area contributed by atoms with E-state index in [1.54, 1.807) is 30.9 Å². The first-order valence-electron chi connectivity index (χ1n) is 6.12. The summed E-state index contributed by atoms with van der Waals surface area (Å²) in [6, 6.07) is 7.40. The SMILES string of the molecule is COC(=O)/C=C/c1cn(C(=O)N(C)C)c2ccccc12. The van der Waals surface area contributed by atoms with Gasteiger partial charge in [0.25, 0.3) is 0 Å². The fourth-order valence-electron chi connectivity index (χ4n) is 1.94. The van der Waals surface area contributed by atoms with E-state index in [4.69, 9.17) is 0 Å². The molecule has 5 nitrogen and oxygen atoms in total. The summed E-state index contributed by atoms with van der Waals surface area (Å²) >= 11 is 0. The Morgan fingerprint density at radius 3 is 2.60 bits per heavy atom. The van der Waals surface area contributed by atoms with Crippen molar-refractivity contribution < 1.29 is 14.3 Å². The molecule has 0 aliphatic heterocycles. The molecule has 2 aromatic rings. The van der Waals surface area contributed by atoms with E-state index >= 15 is 0 Å². The summed E-state index contributed by atoms with van der Waals surface area (Å²) in [5.41, 5.74) is 1.59. The molecule has 0 unspecified atom stereocenters. The monoisotopic (exact) mass is 272 g/mol. The third-order valence-electron chi connectivity index (χ3n) is 2.93. The number of rotatable bonds is 2. The highest BCUT2D eigenvalue weighted by molar-refractivity contribution is 5.98. The molecule has 0 aliphatic rings. The summed E-state index contributed by atoms with van der Waals surface area (Å²) in [4.78, 5) is 24.8. The second-order valence-corrected chi connectivity index (χ2v) is 4.51. The summed E-state index contributed by atoms with van der Waals surface area (Å²) < 4.78 is 6.13. The molecule has 0 spiro atoms. The molecule has 5 heteroatoms. The first-order chi connectivity index (χ1) is 9.54. The molecular weight excluding hydrogens is 256 g/mol. The molecule has 1 aromatic carbocycles. The zero-order valence-corrected chi connectivity index (χ0v) is 11.7. The fraction of sp³-hybridized carbons (Fsp3) is 0.200. The van der Waals surface area contributed by atoms with Crippen LogP contribution in [0.4, 0.5) is 4.79 Å². The van der Waals surface area contributed by atoms with Crippen LogP contribution in [-0.2, 0) is 9.53 Å². The Labute approximate surface area is 117 Å². The highest BCUT2D eigenvalue weighted by Crippen LogP contribution is 2.22. The average Bonchev–Trinajstić information content (AvgIpc) is 2.82. The lowest BCUT2D eigenvalue weighted by Crippen LogP contribution is -2.26. The molecule has 2 rings (SSSR count). The number of hydrogen-bond acceptors (Lipinski definition) is 3. The van der Waals surface area contributed by atoms with Gasteiger partial charge in [0.2, 0.25) is 0 Å². The molecule has 1 amide bonds. The van der Waals surface area contributed by atoms with Gasteiger partial charge in [0, 0.05) is 37.3 Å². The van der Waals surface area contributed by atoms with Gasteiger partial charge in [0.1, 0.15) is 0 Å². The molecule has 1 heterocycles. The highest BCUT2D eigenvalue weighted by Gasteiger charge is 2.13. The first kappa shape index (κ1) is 13.9. The molecule has 0 radical (unpaired) electrons. The van der Waals surface area contributed by atoms with Gasteiger partial charge in [-0.2, -0.15) is 0 Å². The minimum absolute atomic E-state index is 0.140. The molecule has 0 bridgehead atoms. The van der Waals surface area contributed by atoms with Crippen LogP contribution >= 0.6 is 0 Å². The number of methoxy groups -OCH3 is 1. The molecule has 0 fully saturated rings. The van der Waals surface area contributed by atoms with Crippen LogP contribution in [0.2, 0.25) is 0 Å². The third-order valence-corrected chi connectivity index (χ3v) is 2.93. The molecule has 0 atom stereocenters. The van der Waals surface area contributed by atoms with E-state index < -0.39 is 5.97 Å². The highest BCUT2D eigenvalue weighted by atomic mass is 16.5. The molecule has 0 saturated carbocycles. The van der Waals surface area contributed by atoms with Crippen molar-refractivity contribution >= 4 is 29.0 Å². The fourth-order valence-corrected chi connectivity index (χ4v) is 1.94. The van der Waals surface area contributed by atoms with E-state index in [1.807, 2.05) is 24.3 Å². The van der Waals surface area contributed by atoms with Crippen LogP contribution in [0.5, 0.6) is 0 Å². The Morgan fingerprint density at radius 1 is 1.25 bits per heavy atom. The van der Waals surface area contributed by atoms with Gasteiger partial charge < -0.3 is 9.64 Å². The first-order valence-corrected chi connectivity index (χ1v) is 6.12. The number of esters is 1. The predicted octanol–water partition coefficient (Wildman–Crippen LogP) is 2.36. The number of ether oxygens (including phenoxy) is 1. The van der Waals surface area contributed by atoms with Crippen LogP contribution in [0.15, 0.2) is 36.5 Å². The molecule has 0 aliphatic carbocycles. The normalized spacial score (nSPS) is 10.9. The van der Waals surface area contributed by atoms with Crippen LogP contribution in [0, 0.1) is 0 Å². The Hall–Kier alpha value is -2.56. The number of hydrogen-bond donors (Lipinski definition) is 0. The number of carbonyl (C=O) groups is 2. The summed E-state index contributed by atoms with van der Waals surface area (Å²) in [5, 5.41) is 0.905. The number of fused-ring (bicyclic) bond motifs is 1. The molecular formula is C15H16N2O3. The van der Waals surface area contributed by atoms with E-state index in [2.05, 4.69) is 4.74 Å². The van der Waals surface area contributed by atoms with Gasteiger partial charge in [-0.25, -0.2) is 9.59 Å². The summed E-state index contributed by atoms with van der Waals surface area (Å²) in [6.45, 7) is 0. The maximum Gasteiger partial charge on any atom is 0.330 e. The van der Waals surface area contributed by atoms with Gasteiger partial charge in [-0.05, 0) is 12.1 Å². The van der Waals surface area contributed by atoms with Gasteiger partial charge in [-0.3, -0.25) is 4.57 Å².